The fraction of sp³-hybridized carbons (Fsp3) is 0.222. The van der Waals surface area contributed by atoms with Crippen molar-refractivity contribution in [3.63, 3.8) is 0 Å². The summed E-state index contributed by atoms with van der Waals surface area (Å²) in [5.74, 6) is -0.875. The summed E-state index contributed by atoms with van der Waals surface area (Å²) in [6.07, 6.45) is 0. The number of carboxylic acids is 1. The van der Waals surface area contributed by atoms with Gasteiger partial charge in [-0.3, -0.25) is 0 Å². The van der Waals surface area contributed by atoms with Crippen LogP contribution < -0.4 is 0 Å². The molecule has 2 N–H and O–H groups in total. The number of carboxylic acid groups (broad SMARTS) is 1. The van der Waals surface area contributed by atoms with Crippen LogP contribution in [0.25, 0.3) is 0 Å². The van der Waals surface area contributed by atoms with Gasteiger partial charge in [0.15, 0.2) is 0 Å². The van der Waals surface area contributed by atoms with Crippen LogP contribution in [0.1, 0.15) is 15.9 Å². The Morgan fingerprint density at radius 1 is 1.17 bits per heavy atom. The van der Waals surface area contributed by atoms with Crippen molar-refractivity contribution in [1.82, 2.24) is 0 Å². The minimum atomic E-state index is -0.875. The molecule has 0 saturated heterocycles. The summed E-state index contributed by atoms with van der Waals surface area (Å²) in [6.45, 7) is 1.92. The van der Waals surface area contributed by atoms with Gasteiger partial charge < -0.3 is 10.2 Å². The van der Waals surface area contributed by atoms with Crippen molar-refractivity contribution >= 4 is 5.97 Å². The summed E-state index contributed by atoms with van der Waals surface area (Å²) >= 11 is 0. The molecule has 0 unspecified atom stereocenters. The second kappa shape index (κ2) is 5.32. The van der Waals surface area contributed by atoms with Gasteiger partial charge in [0, 0.05) is 7.11 Å². The number of hydrogen-bond donors (Lipinski definition) is 2. The second-order valence-electron chi connectivity index (χ2n) is 2.17. The lowest BCUT2D eigenvalue weighted by Crippen LogP contribution is -1.94. The Bertz CT molecular complexity index is 238. The SMILES string of the molecule is CO.Cc1ccc(C(=O)O)cc1. The van der Waals surface area contributed by atoms with Crippen molar-refractivity contribution in [2.45, 2.75) is 6.92 Å². The predicted octanol–water partition coefficient (Wildman–Crippen LogP) is 1.30. The largest absolute Gasteiger partial charge is 0.478 e. The zero-order valence-corrected chi connectivity index (χ0v) is 7.11. The van der Waals surface area contributed by atoms with E-state index in [2.05, 4.69) is 0 Å². The molecule has 66 valence electrons. The van der Waals surface area contributed by atoms with E-state index in [0.717, 1.165) is 12.7 Å². The van der Waals surface area contributed by atoms with Gasteiger partial charge in [-0.2, -0.15) is 0 Å². The molecule has 12 heavy (non-hydrogen) atoms. The average Bonchev–Trinajstić information content (AvgIpc) is 2.09. The van der Waals surface area contributed by atoms with Gasteiger partial charge in [0.25, 0.3) is 0 Å². The van der Waals surface area contributed by atoms with Crippen LogP contribution in [-0.2, 0) is 0 Å². The Labute approximate surface area is 71.3 Å². The van der Waals surface area contributed by atoms with Gasteiger partial charge in [0.2, 0.25) is 0 Å². The van der Waals surface area contributed by atoms with Crippen molar-refractivity contribution in [1.29, 1.82) is 0 Å². The number of benzene rings is 1. The second-order valence-corrected chi connectivity index (χ2v) is 2.17. The first-order chi connectivity index (χ1) is 5.70. The van der Waals surface area contributed by atoms with Crippen LogP contribution in [-0.4, -0.2) is 23.3 Å². The highest BCUT2D eigenvalue weighted by Crippen LogP contribution is 2.01. The number of rotatable bonds is 1. The predicted molar refractivity (Wildman–Crippen MR) is 46.3 cm³/mol. The molecule has 0 atom stereocenters. The van der Waals surface area contributed by atoms with Crippen LogP contribution in [0.2, 0.25) is 0 Å². The molecule has 1 rings (SSSR count). The van der Waals surface area contributed by atoms with Gasteiger partial charge >= 0.3 is 5.97 Å². The fourth-order valence-corrected chi connectivity index (χ4v) is 0.696. The summed E-state index contributed by atoms with van der Waals surface area (Å²) < 4.78 is 0. The molecule has 3 heteroatoms. The Balaban J connectivity index is 0.000000561. The van der Waals surface area contributed by atoms with Gasteiger partial charge in [-0.05, 0) is 19.1 Å². The summed E-state index contributed by atoms with van der Waals surface area (Å²) in [7, 11) is 1.00. The van der Waals surface area contributed by atoms with Crippen molar-refractivity contribution in [3.8, 4) is 0 Å². The molecule has 0 aliphatic rings. The maximum atomic E-state index is 10.3. The normalized spacial score (nSPS) is 8.25. The molecular formula is C9H12O3. The summed E-state index contributed by atoms with van der Waals surface area (Å²) in [5.41, 5.74) is 1.41. The maximum Gasteiger partial charge on any atom is 0.335 e. The molecule has 0 saturated carbocycles. The van der Waals surface area contributed by atoms with E-state index < -0.39 is 5.97 Å². The first-order valence-electron chi connectivity index (χ1n) is 3.45. The number of aliphatic hydroxyl groups is 1. The van der Waals surface area contributed by atoms with Gasteiger partial charge in [0.1, 0.15) is 0 Å². The minimum absolute atomic E-state index is 0.339. The standard InChI is InChI=1S/C8H8O2.CH4O/c1-6-2-4-7(5-3-6)8(9)10;1-2/h2-5H,1H3,(H,9,10);2H,1H3. The molecule has 0 aromatic heterocycles. The summed E-state index contributed by atoms with van der Waals surface area (Å²) in [4.78, 5) is 10.3. The molecule has 0 bridgehead atoms. The van der Waals surface area contributed by atoms with E-state index in [1.54, 1.807) is 24.3 Å². The Hall–Kier alpha value is -1.35. The molecule has 0 aliphatic carbocycles. The molecule has 1 aromatic carbocycles. The van der Waals surface area contributed by atoms with E-state index >= 15 is 0 Å². The van der Waals surface area contributed by atoms with E-state index in [9.17, 15) is 4.79 Å². The Morgan fingerprint density at radius 2 is 1.58 bits per heavy atom. The van der Waals surface area contributed by atoms with Crippen molar-refractivity contribution in [3.05, 3.63) is 35.4 Å². The first-order valence-corrected chi connectivity index (χ1v) is 3.45. The number of aromatic carboxylic acids is 1. The average molecular weight is 168 g/mol. The number of aryl methyl sites for hydroxylation is 1. The van der Waals surface area contributed by atoms with E-state index in [1.807, 2.05) is 6.92 Å². The third kappa shape index (κ3) is 3.16. The van der Waals surface area contributed by atoms with Crippen LogP contribution >= 0.6 is 0 Å². The van der Waals surface area contributed by atoms with Gasteiger partial charge in [0.05, 0.1) is 5.56 Å². The van der Waals surface area contributed by atoms with Gasteiger partial charge in [-0.15, -0.1) is 0 Å². The topological polar surface area (TPSA) is 57.5 Å². The lowest BCUT2D eigenvalue weighted by atomic mass is 10.2. The minimum Gasteiger partial charge on any atom is -0.478 e. The van der Waals surface area contributed by atoms with Gasteiger partial charge in [-0.1, -0.05) is 17.7 Å². The summed E-state index contributed by atoms with van der Waals surface area (Å²) in [5, 5.41) is 15.5. The van der Waals surface area contributed by atoms with Crippen LogP contribution in [0.15, 0.2) is 24.3 Å². The molecule has 3 nitrogen and oxygen atoms in total. The Morgan fingerprint density at radius 3 is 1.92 bits per heavy atom. The van der Waals surface area contributed by atoms with E-state index in [0.29, 0.717) is 5.56 Å². The van der Waals surface area contributed by atoms with Crippen LogP contribution in [0.5, 0.6) is 0 Å². The highest BCUT2D eigenvalue weighted by molar-refractivity contribution is 5.87. The Kier molecular flexibility index (Phi) is 4.72. The van der Waals surface area contributed by atoms with Crippen LogP contribution in [0.3, 0.4) is 0 Å². The number of carbonyl (C=O) groups is 1. The smallest absolute Gasteiger partial charge is 0.335 e. The quantitative estimate of drug-likeness (QED) is 0.664. The molecule has 0 heterocycles. The third-order valence-corrected chi connectivity index (χ3v) is 1.30. The fourth-order valence-electron chi connectivity index (χ4n) is 0.696. The number of hydrogen-bond acceptors (Lipinski definition) is 2. The molecular weight excluding hydrogens is 156 g/mol. The molecule has 0 spiro atoms. The van der Waals surface area contributed by atoms with E-state index in [-0.39, 0.29) is 0 Å². The zero-order valence-electron chi connectivity index (χ0n) is 7.11. The summed E-state index contributed by atoms with van der Waals surface area (Å²) in [6, 6.07) is 6.75. The van der Waals surface area contributed by atoms with Crippen LogP contribution in [0.4, 0.5) is 0 Å². The molecule has 0 radical (unpaired) electrons. The monoisotopic (exact) mass is 168 g/mol. The lowest BCUT2D eigenvalue weighted by Gasteiger charge is -1.92. The molecule has 0 aliphatic heterocycles. The molecule has 0 fully saturated rings. The third-order valence-electron chi connectivity index (χ3n) is 1.30. The van der Waals surface area contributed by atoms with Crippen molar-refractivity contribution in [2.75, 3.05) is 7.11 Å². The maximum absolute atomic E-state index is 10.3. The molecule has 1 aromatic rings. The van der Waals surface area contributed by atoms with E-state index in [4.69, 9.17) is 10.2 Å². The molecule has 0 amide bonds. The first kappa shape index (κ1) is 10.7. The van der Waals surface area contributed by atoms with Gasteiger partial charge in [-0.25, -0.2) is 4.79 Å². The highest BCUT2D eigenvalue weighted by Gasteiger charge is 1.98. The lowest BCUT2D eigenvalue weighted by molar-refractivity contribution is 0.0697. The van der Waals surface area contributed by atoms with Crippen molar-refractivity contribution < 1.29 is 15.0 Å². The van der Waals surface area contributed by atoms with Crippen molar-refractivity contribution in [2.24, 2.45) is 0 Å². The zero-order chi connectivity index (χ0) is 9.56. The van der Waals surface area contributed by atoms with Crippen LogP contribution in [0, 0.1) is 6.92 Å². The number of aliphatic hydroxyl groups excluding tert-OH is 1. The highest BCUT2D eigenvalue weighted by atomic mass is 16.4. The van der Waals surface area contributed by atoms with E-state index in [1.165, 1.54) is 0 Å².